The first-order valence-corrected chi connectivity index (χ1v) is 10.1. The van der Waals surface area contributed by atoms with Crippen LogP contribution in [0.3, 0.4) is 0 Å². The number of hydrogen-bond donors (Lipinski definition) is 0. The Morgan fingerprint density at radius 2 is 0.583 bits per heavy atom. The maximum atomic E-state index is 3.60. The van der Waals surface area contributed by atoms with Crippen molar-refractivity contribution in [2.24, 2.45) is 0 Å². The fraction of sp³-hybridized carbons (Fsp3) is 0.667. The number of allylic oxidation sites excluding steroid dienone is 4. The fourth-order valence-corrected chi connectivity index (χ4v) is 1.39. The van der Waals surface area contributed by atoms with Gasteiger partial charge < -0.3 is 0 Å². The quantitative estimate of drug-likeness (QED) is 0.246. The van der Waals surface area contributed by atoms with Crippen LogP contribution in [0.5, 0.6) is 0 Å². The molecular weight excluding hydrogens is 288 g/mol. The number of unbranched alkanes of at least 4 members (excludes halogenated alkanes) is 8. The van der Waals surface area contributed by atoms with Crippen molar-refractivity contribution >= 4 is 0 Å². The van der Waals surface area contributed by atoms with Gasteiger partial charge in [0.05, 0.1) is 0 Å². The molecular formula is C24H48. The van der Waals surface area contributed by atoms with Gasteiger partial charge in [0.15, 0.2) is 0 Å². The van der Waals surface area contributed by atoms with E-state index in [0.717, 1.165) is 0 Å². The molecule has 0 aromatic rings. The topological polar surface area (TPSA) is 0 Å². The first-order valence-electron chi connectivity index (χ1n) is 10.1. The van der Waals surface area contributed by atoms with E-state index in [4.69, 9.17) is 0 Å². The predicted molar refractivity (Wildman–Crippen MR) is 119 cm³/mol. The first kappa shape index (κ1) is 30.8. The molecule has 144 valence electrons. The molecule has 0 N–H and O–H groups in total. The standard InChI is InChI=1S/4C6H12/c4*1-3-5-6-4-2/h4*3H,1,4-6H2,2H3. The minimum absolute atomic E-state index is 1.18. The second-order valence-electron chi connectivity index (χ2n) is 5.72. The van der Waals surface area contributed by atoms with Gasteiger partial charge in [-0.3, -0.25) is 0 Å². The van der Waals surface area contributed by atoms with Crippen molar-refractivity contribution in [3.05, 3.63) is 50.6 Å². The molecule has 24 heavy (non-hydrogen) atoms. The van der Waals surface area contributed by atoms with Crippen LogP contribution in [0.15, 0.2) is 50.6 Å². The molecule has 0 heteroatoms. The van der Waals surface area contributed by atoms with E-state index in [2.05, 4.69) is 54.0 Å². The molecule has 0 rings (SSSR count). The van der Waals surface area contributed by atoms with E-state index < -0.39 is 0 Å². The number of hydrogen-bond acceptors (Lipinski definition) is 0. The summed E-state index contributed by atoms with van der Waals surface area (Å²) in [6, 6.07) is 0. The van der Waals surface area contributed by atoms with Crippen LogP contribution in [-0.4, -0.2) is 0 Å². The van der Waals surface area contributed by atoms with Crippen LogP contribution in [0.2, 0.25) is 0 Å². The molecule has 0 nitrogen and oxygen atoms in total. The lowest BCUT2D eigenvalue weighted by Gasteiger charge is -1.81. The Morgan fingerprint density at radius 1 is 0.417 bits per heavy atom. The molecule has 0 saturated carbocycles. The Morgan fingerprint density at radius 3 is 0.625 bits per heavy atom. The zero-order valence-corrected chi connectivity index (χ0v) is 17.6. The van der Waals surface area contributed by atoms with Gasteiger partial charge in [0.25, 0.3) is 0 Å². The van der Waals surface area contributed by atoms with Gasteiger partial charge in [0.2, 0.25) is 0 Å². The molecule has 0 radical (unpaired) electrons. The smallest absolute Gasteiger partial charge is 0.0354 e. The summed E-state index contributed by atoms with van der Waals surface area (Å²) in [5.41, 5.74) is 0. The highest BCUT2D eigenvalue weighted by Gasteiger charge is 1.72. The van der Waals surface area contributed by atoms with Crippen molar-refractivity contribution < 1.29 is 0 Å². The molecule has 0 aliphatic carbocycles. The molecule has 0 fully saturated rings. The van der Waals surface area contributed by atoms with Crippen LogP contribution in [0.25, 0.3) is 0 Å². The first-order chi connectivity index (χ1) is 11.7. The molecule has 0 amide bonds. The van der Waals surface area contributed by atoms with E-state index in [1.165, 1.54) is 77.0 Å². The van der Waals surface area contributed by atoms with Crippen molar-refractivity contribution in [2.75, 3.05) is 0 Å². The van der Waals surface area contributed by atoms with E-state index in [1.54, 1.807) is 0 Å². The third kappa shape index (κ3) is 69.5. The van der Waals surface area contributed by atoms with E-state index in [9.17, 15) is 0 Å². The molecule has 0 bridgehead atoms. The minimum Gasteiger partial charge on any atom is -0.103 e. The lowest BCUT2D eigenvalue weighted by Crippen LogP contribution is -1.61. The van der Waals surface area contributed by atoms with E-state index >= 15 is 0 Å². The number of rotatable bonds is 12. The van der Waals surface area contributed by atoms with Crippen LogP contribution in [0.1, 0.15) is 105 Å². The van der Waals surface area contributed by atoms with Crippen molar-refractivity contribution in [1.82, 2.24) is 0 Å². The molecule has 0 aliphatic heterocycles. The lowest BCUT2D eigenvalue weighted by atomic mass is 10.3. The summed E-state index contributed by atoms with van der Waals surface area (Å²) < 4.78 is 0. The predicted octanol–water partition coefficient (Wildman–Crippen LogP) is 9.45. The maximum Gasteiger partial charge on any atom is -0.0354 e. The van der Waals surface area contributed by atoms with E-state index in [0.29, 0.717) is 0 Å². The third-order valence-corrected chi connectivity index (χ3v) is 3.05. The molecule has 0 heterocycles. The summed E-state index contributed by atoms with van der Waals surface area (Å²) in [6.45, 7) is 23.1. The highest BCUT2D eigenvalue weighted by molar-refractivity contribution is 4.65. The molecule has 0 aromatic carbocycles. The second-order valence-corrected chi connectivity index (χ2v) is 5.72. The summed E-state index contributed by atoms with van der Waals surface area (Å²) in [5, 5.41) is 0. The van der Waals surface area contributed by atoms with Crippen molar-refractivity contribution in [1.29, 1.82) is 0 Å². The molecule has 0 atom stereocenters. The van der Waals surface area contributed by atoms with Crippen molar-refractivity contribution in [2.45, 2.75) is 105 Å². The average Bonchev–Trinajstić information content (AvgIpc) is 2.62. The van der Waals surface area contributed by atoms with Crippen LogP contribution < -0.4 is 0 Å². The Hall–Kier alpha value is -1.04. The highest BCUT2D eigenvalue weighted by Crippen LogP contribution is 1.92. The van der Waals surface area contributed by atoms with Gasteiger partial charge in [-0.2, -0.15) is 0 Å². The Kier molecular flexibility index (Phi) is 55.3. The zero-order valence-electron chi connectivity index (χ0n) is 17.6. The molecule has 0 aliphatic rings. The van der Waals surface area contributed by atoms with Gasteiger partial charge in [-0.1, -0.05) is 103 Å². The summed E-state index contributed by atoms with van der Waals surface area (Å²) in [4.78, 5) is 0. The summed E-state index contributed by atoms with van der Waals surface area (Å²) in [6.07, 6.45) is 22.9. The van der Waals surface area contributed by atoms with Crippen LogP contribution in [0.4, 0.5) is 0 Å². The van der Waals surface area contributed by atoms with Crippen molar-refractivity contribution in [3.8, 4) is 0 Å². The van der Waals surface area contributed by atoms with Crippen LogP contribution >= 0.6 is 0 Å². The summed E-state index contributed by atoms with van der Waals surface area (Å²) in [7, 11) is 0. The summed E-state index contributed by atoms with van der Waals surface area (Å²) in [5.74, 6) is 0. The van der Waals surface area contributed by atoms with Crippen LogP contribution in [0, 0.1) is 0 Å². The normalized spacial score (nSPS) is 8.17. The largest absolute Gasteiger partial charge is 0.103 e. The highest BCUT2D eigenvalue weighted by atomic mass is 13.8. The van der Waals surface area contributed by atoms with Gasteiger partial charge in [0.1, 0.15) is 0 Å². The Labute approximate surface area is 155 Å². The Balaban J connectivity index is -0.000000111. The van der Waals surface area contributed by atoms with Gasteiger partial charge in [0, 0.05) is 0 Å². The SMILES string of the molecule is C=CCCCC.C=CCCCC.C=CCCCC.C=CCCCC. The average molecular weight is 337 g/mol. The molecule has 0 aromatic heterocycles. The van der Waals surface area contributed by atoms with Gasteiger partial charge >= 0.3 is 0 Å². The second kappa shape index (κ2) is 43.1. The maximum absolute atomic E-state index is 3.60. The molecule has 0 saturated heterocycles. The zero-order chi connectivity index (χ0) is 19.3. The lowest BCUT2D eigenvalue weighted by molar-refractivity contribution is 0.816. The van der Waals surface area contributed by atoms with Gasteiger partial charge in [-0.05, 0) is 25.7 Å². The van der Waals surface area contributed by atoms with E-state index in [-0.39, 0.29) is 0 Å². The minimum atomic E-state index is 1.18. The van der Waals surface area contributed by atoms with Crippen molar-refractivity contribution in [3.63, 3.8) is 0 Å². The molecule has 0 unspecified atom stereocenters. The monoisotopic (exact) mass is 336 g/mol. The Bertz CT molecular complexity index is 164. The third-order valence-electron chi connectivity index (χ3n) is 3.05. The summed E-state index contributed by atoms with van der Waals surface area (Å²) >= 11 is 0. The van der Waals surface area contributed by atoms with Crippen LogP contribution in [-0.2, 0) is 0 Å². The van der Waals surface area contributed by atoms with E-state index in [1.807, 2.05) is 24.3 Å². The fourth-order valence-electron chi connectivity index (χ4n) is 1.39. The van der Waals surface area contributed by atoms with Gasteiger partial charge in [-0.15, -0.1) is 26.3 Å². The van der Waals surface area contributed by atoms with Gasteiger partial charge in [-0.25, -0.2) is 0 Å². The molecule has 0 spiro atoms.